The molecule has 7 heteroatoms. The van der Waals surface area contributed by atoms with Crippen LogP contribution >= 0.6 is 0 Å². The number of alkyl halides is 3. The molecule has 1 atom stereocenters. The highest BCUT2D eigenvalue weighted by Crippen LogP contribution is 2.32. The minimum Gasteiger partial charge on any atom is -0.352 e. The van der Waals surface area contributed by atoms with Crippen LogP contribution in [0.25, 0.3) is 0 Å². The van der Waals surface area contributed by atoms with Crippen LogP contribution in [0.15, 0.2) is 0 Å². The Labute approximate surface area is 117 Å². The predicted molar refractivity (Wildman–Crippen MR) is 71.2 cm³/mol. The monoisotopic (exact) mass is 295 g/mol. The lowest BCUT2D eigenvalue weighted by Gasteiger charge is -2.43. The molecule has 1 saturated carbocycles. The number of nitrogens with one attached hydrogen (secondary N) is 1. The number of nitrogens with two attached hydrogens (primary N) is 1. The van der Waals surface area contributed by atoms with E-state index >= 15 is 0 Å². The minimum absolute atomic E-state index is 0.196. The normalized spacial score (nSPS) is 22.4. The van der Waals surface area contributed by atoms with Crippen LogP contribution in [0.1, 0.15) is 39.0 Å². The SMILES string of the molecule is CN(C)C1(CNC(=O)C(C)(N)C(F)(F)F)CCCCC1. The van der Waals surface area contributed by atoms with Crippen molar-refractivity contribution >= 4 is 5.91 Å². The van der Waals surface area contributed by atoms with Gasteiger partial charge in [-0.1, -0.05) is 19.3 Å². The molecule has 1 unspecified atom stereocenters. The van der Waals surface area contributed by atoms with E-state index < -0.39 is 17.6 Å². The molecule has 0 aromatic rings. The fraction of sp³-hybridized carbons (Fsp3) is 0.923. The first-order chi connectivity index (χ1) is 9.03. The molecule has 1 amide bonds. The summed E-state index contributed by atoms with van der Waals surface area (Å²) in [6.07, 6.45) is 0.150. The maximum absolute atomic E-state index is 12.7. The number of likely N-dealkylation sites (N-methyl/N-ethyl adjacent to an activating group) is 1. The summed E-state index contributed by atoms with van der Waals surface area (Å²) >= 11 is 0. The molecule has 4 nitrogen and oxygen atoms in total. The van der Waals surface area contributed by atoms with Crippen LogP contribution in [0.3, 0.4) is 0 Å². The highest BCUT2D eigenvalue weighted by atomic mass is 19.4. The second kappa shape index (κ2) is 5.89. The Morgan fingerprint density at radius 1 is 1.25 bits per heavy atom. The van der Waals surface area contributed by atoms with Crippen LogP contribution in [-0.4, -0.2) is 48.7 Å². The Morgan fingerprint density at radius 2 is 1.75 bits per heavy atom. The average Bonchev–Trinajstić information content (AvgIpc) is 2.35. The van der Waals surface area contributed by atoms with Gasteiger partial charge >= 0.3 is 6.18 Å². The molecule has 0 bridgehead atoms. The number of carbonyl (C=O) groups is 1. The molecule has 0 aromatic carbocycles. The largest absolute Gasteiger partial charge is 0.415 e. The van der Waals surface area contributed by atoms with Crippen molar-refractivity contribution in [3.63, 3.8) is 0 Å². The summed E-state index contributed by atoms with van der Waals surface area (Å²) < 4.78 is 38.1. The van der Waals surface area contributed by atoms with Gasteiger partial charge in [-0.05, 0) is 33.9 Å². The van der Waals surface area contributed by atoms with E-state index in [1.807, 2.05) is 19.0 Å². The number of hydrogen-bond acceptors (Lipinski definition) is 3. The second-order valence-corrected chi connectivity index (χ2v) is 6.06. The molecule has 0 radical (unpaired) electrons. The topological polar surface area (TPSA) is 58.4 Å². The van der Waals surface area contributed by atoms with E-state index in [-0.39, 0.29) is 12.1 Å². The molecule has 0 aromatic heterocycles. The Bertz CT molecular complexity index is 347. The Morgan fingerprint density at radius 3 is 2.15 bits per heavy atom. The van der Waals surface area contributed by atoms with Gasteiger partial charge in [0.05, 0.1) is 0 Å². The molecule has 0 spiro atoms. The Kier molecular flexibility index (Phi) is 5.08. The first kappa shape index (κ1) is 17.2. The summed E-state index contributed by atoms with van der Waals surface area (Å²) in [5, 5.41) is 2.40. The zero-order valence-corrected chi connectivity index (χ0v) is 12.3. The highest BCUT2D eigenvalue weighted by molar-refractivity contribution is 5.86. The van der Waals surface area contributed by atoms with E-state index in [9.17, 15) is 18.0 Å². The van der Waals surface area contributed by atoms with Gasteiger partial charge in [-0.3, -0.25) is 4.79 Å². The number of amides is 1. The lowest BCUT2D eigenvalue weighted by Crippen LogP contribution is -2.64. The van der Waals surface area contributed by atoms with Crippen molar-refractivity contribution in [2.45, 2.75) is 56.3 Å². The lowest BCUT2D eigenvalue weighted by atomic mass is 9.80. The molecular formula is C13H24F3N3O. The number of nitrogens with zero attached hydrogens (tertiary/aromatic N) is 1. The van der Waals surface area contributed by atoms with Crippen molar-refractivity contribution in [1.82, 2.24) is 10.2 Å². The summed E-state index contributed by atoms with van der Waals surface area (Å²) in [7, 11) is 3.78. The van der Waals surface area contributed by atoms with E-state index in [1.54, 1.807) is 0 Å². The summed E-state index contributed by atoms with van der Waals surface area (Å²) in [4.78, 5) is 13.7. The zero-order chi connectivity index (χ0) is 15.6. The molecule has 0 saturated heterocycles. The molecular weight excluding hydrogens is 271 g/mol. The van der Waals surface area contributed by atoms with Crippen molar-refractivity contribution in [1.29, 1.82) is 0 Å². The van der Waals surface area contributed by atoms with Gasteiger partial charge in [0, 0.05) is 12.1 Å². The predicted octanol–water partition coefficient (Wildman–Crippen LogP) is 1.65. The fourth-order valence-corrected chi connectivity index (χ4v) is 2.55. The van der Waals surface area contributed by atoms with E-state index in [2.05, 4.69) is 5.32 Å². The summed E-state index contributed by atoms with van der Waals surface area (Å²) in [6, 6.07) is 0. The van der Waals surface area contributed by atoms with E-state index in [4.69, 9.17) is 5.73 Å². The van der Waals surface area contributed by atoms with Gasteiger partial charge in [0.15, 0.2) is 5.54 Å². The van der Waals surface area contributed by atoms with Crippen molar-refractivity contribution in [3.8, 4) is 0 Å². The molecule has 3 N–H and O–H groups in total. The minimum atomic E-state index is -4.76. The number of halogens is 3. The van der Waals surface area contributed by atoms with Crippen LogP contribution in [0.2, 0.25) is 0 Å². The molecule has 20 heavy (non-hydrogen) atoms. The van der Waals surface area contributed by atoms with Crippen molar-refractivity contribution < 1.29 is 18.0 Å². The molecule has 0 heterocycles. The molecule has 0 aliphatic heterocycles. The van der Waals surface area contributed by atoms with Crippen LogP contribution in [0.4, 0.5) is 13.2 Å². The maximum atomic E-state index is 12.7. The fourth-order valence-electron chi connectivity index (χ4n) is 2.55. The van der Waals surface area contributed by atoms with Crippen molar-refractivity contribution in [3.05, 3.63) is 0 Å². The standard InChI is InChI=1S/C13H24F3N3O/c1-11(17,13(14,15)16)10(20)18-9-12(19(2)3)7-5-4-6-8-12/h4-9,17H2,1-3H3,(H,18,20). The Balaban J connectivity index is 2.71. The molecule has 1 fully saturated rings. The second-order valence-electron chi connectivity index (χ2n) is 6.06. The van der Waals surface area contributed by atoms with E-state index in [0.29, 0.717) is 6.92 Å². The first-order valence-electron chi connectivity index (χ1n) is 6.84. The molecule has 118 valence electrons. The van der Waals surface area contributed by atoms with Crippen LogP contribution < -0.4 is 11.1 Å². The lowest BCUT2D eigenvalue weighted by molar-refractivity contribution is -0.187. The molecule has 1 rings (SSSR count). The quantitative estimate of drug-likeness (QED) is 0.829. The van der Waals surface area contributed by atoms with Gasteiger partial charge in [-0.15, -0.1) is 0 Å². The first-order valence-corrected chi connectivity index (χ1v) is 6.84. The van der Waals surface area contributed by atoms with Crippen LogP contribution in [-0.2, 0) is 4.79 Å². The van der Waals surface area contributed by atoms with Gasteiger partial charge in [-0.2, -0.15) is 13.2 Å². The van der Waals surface area contributed by atoms with Crippen molar-refractivity contribution in [2.24, 2.45) is 5.73 Å². The third kappa shape index (κ3) is 3.44. The van der Waals surface area contributed by atoms with Gasteiger partial charge in [0.25, 0.3) is 0 Å². The summed E-state index contributed by atoms with van der Waals surface area (Å²) in [6.45, 7) is 0.896. The van der Waals surface area contributed by atoms with Gasteiger partial charge < -0.3 is 16.0 Å². The van der Waals surface area contributed by atoms with Gasteiger partial charge in [-0.25, -0.2) is 0 Å². The molecule has 1 aliphatic carbocycles. The zero-order valence-electron chi connectivity index (χ0n) is 12.3. The number of hydrogen-bond donors (Lipinski definition) is 2. The van der Waals surface area contributed by atoms with Crippen LogP contribution in [0.5, 0.6) is 0 Å². The van der Waals surface area contributed by atoms with E-state index in [0.717, 1.165) is 32.1 Å². The van der Waals surface area contributed by atoms with Crippen LogP contribution in [0, 0.1) is 0 Å². The van der Waals surface area contributed by atoms with Gasteiger partial charge in [0.1, 0.15) is 0 Å². The van der Waals surface area contributed by atoms with Gasteiger partial charge in [0.2, 0.25) is 5.91 Å². The van der Waals surface area contributed by atoms with E-state index in [1.165, 1.54) is 0 Å². The smallest absolute Gasteiger partial charge is 0.352 e. The van der Waals surface area contributed by atoms with Crippen molar-refractivity contribution in [2.75, 3.05) is 20.6 Å². The summed E-state index contributed by atoms with van der Waals surface area (Å²) in [5.74, 6) is -1.17. The third-order valence-corrected chi connectivity index (χ3v) is 4.37. The number of carbonyl (C=O) groups excluding carboxylic acids is 1. The molecule has 1 aliphatic rings. The Hall–Kier alpha value is -0.820. The highest BCUT2D eigenvalue weighted by Gasteiger charge is 2.54. The third-order valence-electron chi connectivity index (χ3n) is 4.37. The average molecular weight is 295 g/mol. The summed E-state index contributed by atoms with van der Waals surface area (Å²) in [5.41, 5.74) is 2.00. The maximum Gasteiger partial charge on any atom is 0.415 e. The number of rotatable bonds is 4.